The van der Waals surface area contributed by atoms with E-state index in [1.54, 1.807) is 43.7 Å². The fourth-order valence-electron chi connectivity index (χ4n) is 3.67. The van der Waals surface area contributed by atoms with Gasteiger partial charge in [-0.3, -0.25) is 14.5 Å². The van der Waals surface area contributed by atoms with E-state index >= 15 is 0 Å². The quantitative estimate of drug-likeness (QED) is 0.603. The van der Waals surface area contributed by atoms with Gasteiger partial charge < -0.3 is 15.2 Å². The van der Waals surface area contributed by atoms with Crippen LogP contribution >= 0.6 is 0 Å². The van der Waals surface area contributed by atoms with Crippen LogP contribution in [-0.2, 0) is 15.1 Å². The van der Waals surface area contributed by atoms with E-state index in [1.165, 1.54) is 0 Å². The molecule has 1 aliphatic heterocycles. The second-order valence-corrected chi connectivity index (χ2v) is 7.66. The third-order valence-electron chi connectivity index (χ3n) is 5.50. The van der Waals surface area contributed by atoms with Crippen molar-refractivity contribution in [2.24, 2.45) is 0 Å². The zero-order valence-corrected chi connectivity index (χ0v) is 17.3. The molecule has 8 nitrogen and oxygen atoms in total. The number of aromatic nitrogens is 2. The summed E-state index contributed by atoms with van der Waals surface area (Å²) in [6.45, 7) is 3.15. The summed E-state index contributed by atoms with van der Waals surface area (Å²) >= 11 is 0. The van der Waals surface area contributed by atoms with Crippen LogP contribution in [0.3, 0.4) is 0 Å². The smallest absolute Gasteiger partial charge is 0.325 e. The van der Waals surface area contributed by atoms with Crippen LogP contribution in [0.2, 0.25) is 0 Å². The highest BCUT2D eigenvalue weighted by Gasteiger charge is 2.49. The Labute approximate surface area is 179 Å². The number of nitrogens with one attached hydrogen (secondary N) is 2. The molecule has 1 aliphatic rings. The molecule has 0 radical (unpaired) electrons. The number of nitrogens with zero attached hydrogens (tertiary/aromatic N) is 3. The van der Waals surface area contributed by atoms with Gasteiger partial charge in [-0.1, -0.05) is 42.5 Å². The first-order chi connectivity index (χ1) is 14.9. The third kappa shape index (κ3) is 3.92. The van der Waals surface area contributed by atoms with Crippen molar-refractivity contribution in [1.29, 1.82) is 0 Å². The van der Waals surface area contributed by atoms with Crippen LogP contribution in [-0.4, -0.2) is 38.8 Å². The molecule has 158 valence electrons. The molecular weight excluding hydrogens is 394 g/mol. The molecule has 1 fully saturated rings. The molecule has 2 aromatic carbocycles. The summed E-state index contributed by atoms with van der Waals surface area (Å²) in [5.41, 5.74) is 1.35. The van der Waals surface area contributed by atoms with E-state index in [4.69, 9.17) is 0 Å². The van der Waals surface area contributed by atoms with Gasteiger partial charge in [-0.25, -0.2) is 9.78 Å². The van der Waals surface area contributed by atoms with Crippen molar-refractivity contribution in [2.75, 3.05) is 6.54 Å². The lowest BCUT2D eigenvalue weighted by molar-refractivity contribution is -0.135. The molecule has 1 aromatic heterocycles. The molecule has 3 aromatic rings. The number of imidazole rings is 1. The summed E-state index contributed by atoms with van der Waals surface area (Å²) in [5.74, 6) is -0.858. The van der Waals surface area contributed by atoms with Gasteiger partial charge in [0.05, 0.1) is 12.4 Å². The van der Waals surface area contributed by atoms with Crippen LogP contribution in [0.15, 0.2) is 73.3 Å². The summed E-state index contributed by atoms with van der Waals surface area (Å²) in [6, 6.07) is 15.8. The van der Waals surface area contributed by atoms with Crippen molar-refractivity contribution in [3.8, 4) is 5.69 Å². The van der Waals surface area contributed by atoms with Gasteiger partial charge in [0.2, 0.25) is 5.91 Å². The number of rotatable bonds is 6. The Morgan fingerprint density at radius 2 is 1.84 bits per heavy atom. The van der Waals surface area contributed by atoms with Gasteiger partial charge in [0, 0.05) is 18.1 Å². The molecule has 8 heteroatoms. The monoisotopic (exact) mass is 417 g/mol. The number of benzene rings is 2. The summed E-state index contributed by atoms with van der Waals surface area (Å²) in [4.78, 5) is 42.9. The molecule has 4 rings (SSSR count). The lowest BCUT2D eigenvalue weighted by atomic mass is 9.92. The molecule has 4 amide bonds. The van der Waals surface area contributed by atoms with Gasteiger partial charge in [-0.15, -0.1) is 0 Å². The van der Waals surface area contributed by atoms with Crippen molar-refractivity contribution in [3.05, 3.63) is 84.4 Å². The Bertz CT molecular complexity index is 1100. The van der Waals surface area contributed by atoms with Crippen molar-refractivity contribution < 1.29 is 14.4 Å². The maximum absolute atomic E-state index is 12.9. The standard InChI is InChI=1S/C23H23N5O3/c1-16(17-8-10-19(11-9-17)27-13-12-24-15-27)25-20(29)14-28-21(30)23(2,26-22(28)31)18-6-4-3-5-7-18/h3-13,15-16H,14H2,1-2H3,(H,25,29)(H,26,31)/t16-,23-/m0/s1. The lowest BCUT2D eigenvalue weighted by Gasteiger charge is -2.22. The summed E-state index contributed by atoms with van der Waals surface area (Å²) in [7, 11) is 0. The first-order valence-electron chi connectivity index (χ1n) is 9.96. The van der Waals surface area contributed by atoms with E-state index in [2.05, 4.69) is 15.6 Å². The molecule has 1 saturated heterocycles. The third-order valence-corrected chi connectivity index (χ3v) is 5.50. The van der Waals surface area contributed by atoms with E-state index < -0.39 is 23.4 Å². The number of hydrogen-bond donors (Lipinski definition) is 2. The second kappa shape index (κ2) is 8.06. The van der Waals surface area contributed by atoms with Gasteiger partial charge >= 0.3 is 6.03 Å². The van der Waals surface area contributed by atoms with Crippen LogP contribution in [0.1, 0.15) is 31.0 Å². The highest BCUT2D eigenvalue weighted by Crippen LogP contribution is 2.28. The number of amides is 4. The Morgan fingerprint density at radius 1 is 1.13 bits per heavy atom. The van der Waals surface area contributed by atoms with Crippen LogP contribution in [0, 0.1) is 0 Å². The fourth-order valence-corrected chi connectivity index (χ4v) is 3.67. The van der Waals surface area contributed by atoms with Crippen molar-refractivity contribution in [3.63, 3.8) is 0 Å². The Hall–Kier alpha value is -3.94. The van der Waals surface area contributed by atoms with E-state index in [-0.39, 0.29) is 12.6 Å². The summed E-state index contributed by atoms with van der Waals surface area (Å²) in [6.07, 6.45) is 5.26. The maximum Gasteiger partial charge on any atom is 0.325 e. The van der Waals surface area contributed by atoms with Crippen LogP contribution in [0.5, 0.6) is 0 Å². The topological polar surface area (TPSA) is 96.3 Å². The van der Waals surface area contributed by atoms with Crippen LogP contribution < -0.4 is 10.6 Å². The fraction of sp³-hybridized carbons (Fsp3) is 0.217. The number of imide groups is 1. The average molecular weight is 417 g/mol. The number of carbonyl (C=O) groups is 3. The normalized spacial score (nSPS) is 19.2. The predicted molar refractivity (Wildman–Crippen MR) is 114 cm³/mol. The van der Waals surface area contributed by atoms with E-state index in [0.29, 0.717) is 5.56 Å². The zero-order valence-electron chi connectivity index (χ0n) is 17.3. The SMILES string of the molecule is C[C@H](NC(=O)CN1C(=O)N[C@@](C)(c2ccccc2)C1=O)c1ccc(-n2ccnc2)cc1. The van der Waals surface area contributed by atoms with Crippen molar-refractivity contribution in [2.45, 2.75) is 25.4 Å². The highest BCUT2D eigenvalue weighted by atomic mass is 16.2. The minimum Gasteiger partial charge on any atom is -0.348 e. The lowest BCUT2D eigenvalue weighted by Crippen LogP contribution is -2.43. The molecule has 0 saturated carbocycles. The van der Waals surface area contributed by atoms with Crippen LogP contribution in [0.4, 0.5) is 4.79 Å². The summed E-state index contributed by atoms with van der Waals surface area (Å²) < 4.78 is 1.88. The number of carbonyl (C=O) groups excluding carboxylic acids is 3. The zero-order chi connectivity index (χ0) is 22.0. The molecule has 0 aliphatic carbocycles. The van der Waals surface area contributed by atoms with Gasteiger partial charge in [-0.05, 0) is 37.1 Å². The predicted octanol–water partition coefficient (Wildman–Crippen LogP) is 2.52. The van der Waals surface area contributed by atoms with E-state index in [9.17, 15) is 14.4 Å². The van der Waals surface area contributed by atoms with Gasteiger partial charge in [0.25, 0.3) is 5.91 Å². The molecule has 2 heterocycles. The molecule has 31 heavy (non-hydrogen) atoms. The van der Waals surface area contributed by atoms with Gasteiger partial charge in [0.15, 0.2) is 0 Å². The minimum absolute atomic E-state index is 0.286. The summed E-state index contributed by atoms with van der Waals surface area (Å²) in [5, 5.41) is 5.56. The van der Waals surface area contributed by atoms with E-state index in [1.807, 2.05) is 48.0 Å². The Balaban J connectivity index is 1.40. The van der Waals surface area contributed by atoms with Gasteiger partial charge in [0.1, 0.15) is 12.1 Å². The average Bonchev–Trinajstić information content (AvgIpc) is 3.38. The molecular formula is C23H23N5O3. The first kappa shape index (κ1) is 20.3. The van der Waals surface area contributed by atoms with E-state index in [0.717, 1.165) is 16.2 Å². The molecule has 0 bridgehead atoms. The maximum atomic E-state index is 12.9. The molecule has 0 unspecified atom stereocenters. The Morgan fingerprint density at radius 3 is 2.48 bits per heavy atom. The molecule has 2 atom stereocenters. The second-order valence-electron chi connectivity index (χ2n) is 7.66. The van der Waals surface area contributed by atoms with Crippen LogP contribution in [0.25, 0.3) is 5.69 Å². The highest BCUT2D eigenvalue weighted by molar-refractivity contribution is 6.09. The first-order valence-corrected chi connectivity index (χ1v) is 9.96. The number of urea groups is 1. The van der Waals surface area contributed by atoms with Crippen molar-refractivity contribution >= 4 is 17.8 Å². The number of hydrogen-bond acceptors (Lipinski definition) is 4. The minimum atomic E-state index is -1.19. The van der Waals surface area contributed by atoms with Crippen molar-refractivity contribution in [1.82, 2.24) is 25.1 Å². The largest absolute Gasteiger partial charge is 0.348 e. The Kier molecular flexibility index (Phi) is 5.29. The molecule has 0 spiro atoms. The molecule has 2 N–H and O–H groups in total. The van der Waals surface area contributed by atoms with Gasteiger partial charge in [-0.2, -0.15) is 0 Å².